The first kappa shape index (κ1) is 15.0. The van der Waals surface area contributed by atoms with E-state index in [2.05, 4.69) is 22.2 Å². The molecular weight excluding hydrogens is 272 g/mol. The van der Waals surface area contributed by atoms with Gasteiger partial charge in [0.1, 0.15) is 0 Å². The Morgan fingerprint density at radius 3 is 2.60 bits per heavy atom. The molecule has 108 valence electrons. The van der Waals surface area contributed by atoms with Crippen LogP contribution in [0.1, 0.15) is 11.1 Å². The molecular formula is C15H20N2O2S. The number of likely N-dealkylation sites (N-methyl/N-ethyl adjacent to an activating group) is 1. The van der Waals surface area contributed by atoms with Crippen LogP contribution in [0.25, 0.3) is 10.8 Å². The zero-order chi connectivity index (χ0) is 14.6. The molecule has 2 rings (SSSR count). The summed E-state index contributed by atoms with van der Waals surface area (Å²) < 4.78 is 25.6. The van der Waals surface area contributed by atoms with Gasteiger partial charge in [-0.25, -0.2) is 13.1 Å². The zero-order valence-corrected chi connectivity index (χ0v) is 12.6. The van der Waals surface area contributed by atoms with Gasteiger partial charge in [-0.3, -0.25) is 0 Å². The first-order chi connectivity index (χ1) is 9.55. The SMILES string of the molecule is CNCCc1cccc2ccc(CS(=O)(=O)NC)cc12. The molecule has 2 aromatic carbocycles. The van der Waals surface area contributed by atoms with E-state index < -0.39 is 10.0 Å². The molecule has 20 heavy (non-hydrogen) atoms. The van der Waals surface area contributed by atoms with Gasteiger partial charge in [-0.1, -0.05) is 30.3 Å². The van der Waals surface area contributed by atoms with E-state index in [4.69, 9.17) is 0 Å². The second-order valence-electron chi connectivity index (χ2n) is 4.79. The van der Waals surface area contributed by atoms with Gasteiger partial charge in [0.2, 0.25) is 10.0 Å². The van der Waals surface area contributed by atoms with Crippen molar-refractivity contribution in [3.05, 3.63) is 47.5 Å². The fourth-order valence-corrected chi connectivity index (χ4v) is 3.01. The van der Waals surface area contributed by atoms with Crippen molar-refractivity contribution in [1.82, 2.24) is 10.0 Å². The van der Waals surface area contributed by atoms with Gasteiger partial charge in [-0.05, 0) is 55.0 Å². The summed E-state index contributed by atoms with van der Waals surface area (Å²) in [4.78, 5) is 0. The minimum Gasteiger partial charge on any atom is -0.319 e. The number of nitrogens with one attached hydrogen (secondary N) is 2. The number of hydrogen-bond acceptors (Lipinski definition) is 3. The van der Waals surface area contributed by atoms with Crippen molar-refractivity contribution in [2.24, 2.45) is 0 Å². The molecule has 0 unspecified atom stereocenters. The third-order valence-corrected chi connectivity index (χ3v) is 4.68. The Kier molecular flexibility index (Phi) is 4.75. The van der Waals surface area contributed by atoms with E-state index in [1.165, 1.54) is 12.6 Å². The van der Waals surface area contributed by atoms with Crippen LogP contribution in [0, 0.1) is 0 Å². The molecule has 0 spiro atoms. The Labute approximate surface area is 120 Å². The summed E-state index contributed by atoms with van der Waals surface area (Å²) in [6, 6.07) is 12.0. The van der Waals surface area contributed by atoms with Gasteiger partial charge in [0.05, 0.1) is 5.75 Å². The minimum absolute atomic E-state index is 0.0137. The van der Waals surface area contributed by atoms with Crippen molar-refractivity contribution in [3.8, 4) is 0 Å². The second kappa shape index (κ2) is 6.35. The van der Waals surface area contributed by atoms with E-state index in [1.54, 1.807) is 0 Å². The highest BCUT2D eigenvalue weighted by atomic mass is 32.2. The topological polar surface area (TPSA) is 58.2 Å². The smallest absolute Gasteiger partial charge is 0.215 e. The molecule has 0 saturated carbocycles. The molecule has 0 aliphatic rings. The molecule has 4 nitrogen and oxygen atoms in total. The predicted octanol–water partition coefficient (Wildman–Crippen LogP) is 1.65. The molecule has 0 saturated heterocycles. The van der Waals surface area contributed by atoms with Gasteiger partial charge in [0.15, 0.2) is 0 Å². The first-order valence-electron chi connectivity index (χ1n) is 6.62. The van der Waals surface area contributed by atoms with Gasteiger partial charge >= 0.3 is 0 Å². The van der Waals surface area contributed by atoms with E-state index in [0.29, 0.717) is 0 Å². The molecule has 2 N–H and O–H groups in total. The number of benzene rings is 2. The van der Waals surface area contributed by atoms with E-state index in [-0.39, 0.29) is 5.75 Å². The van der Waals surface area contributed by atoms with Crippen LogP contribution in [0.3, 0.4) is 0 Å². The molecule has 0 heterocycles. The van der Waals surface area contributed by atoms with Crippen LogP contribution in [-0.4, -0.2) is 29.1 Å². The van der Waals surface area contributed by atoms with Crippen molar-refractivity contribution in [1.29, 1.82) is 0 Å². The molecule has 0 bridgehead atoms. The fraction of sp³-hybridized carbons (Fsp3) is 0.333. The lowest BCUT2D eigenvalue weighted by atomic mass is 10.0. The molecule has 0 atom stereocenters. The van der Waals surface area contributed by atoms with Crippen LogP contribution in [0.15, 0.2) is 36.4 Å². The Morgan fingerprint density at radius 1 is 1.10 bits per heavy atom. The second-order valence-corrected chi connectivity index (χ2v) is 6.72. The highest BCUT2D eigenvalue weighted by Crippen LogP contribution is 2.21. The number of hydrogen-bond donors (Lipinski definition) is 2. The van der Waals surface area contributed by atoms with Crippen LogP contribution in [-0.2, 0) is 22.2 Å². The highest BCUT2D eigenvalue weighted by Gasteiger charge is 2.09. The van der Waals surface area contributed by atoms with Crippen LogP contribution < -0.4 is 10.0 Å². The number of rotatable bonds is 6. The lowest BCUT2D eigenvalue weighted by molar-refractivity contribution is 0.587. The van der Waals surface area contributed by atoms with Gasteiger partial charge in [-0.15, -0.1) is 0 Å². The van der Waals surface area contributed by atoms with Crippen molar-refractivity contribution in [2.45, 2.75) is 12.2 Å². The summed E-state index contributed by atoms with van der Waals surface area (Å²) in [5.41, 5.74) is 2.05. The third kappa shape index (κ3) is 3.56. The maximum Gasteiger partial charge on any atom is 0.215 e. The lowest BCUT2D eigenvalue weighted by Crippen LogP contribution is -2.20. The van der Waals surface area contributed by atoms with E-state index in [0.717, 1.165) is 29.3 Å². The molecule has 0 aliphatic carbocycles. The van der Waals surface area contributed by atoms with Gasteiger partial charge in [0.25, 0.3) is 0 Å². The monoisotopic (exact) mass is 292 g/mol. The summed E-state index contributed by atoms with van der Waals surface area (Å²) >= 11 is 0. The summed E-state index contributed by atoms with van der Waals surface area (Å²) in [7, 11) is 0.133. The lowest BCUT2D eigenvalue weighted by Gasteiger charge is -2.09. The molecule has 0 aromatic heterocycles. The summed E-state index contributed by atoms with van der Waals surface area (Å²) in [5.74, 6) is 0.0137. The fourth-order valence-electron chi connectivity index (χ4n) is 2.24. The van der Waals surface area contributed by atoms with Crippen molar-refractivity contribution in [2.75, 3.05) is 20.6 Å². The van der Waals surface area contributed by atoms with E-state index in [9.17, 15) is 8.42 Å². The Morgan fingerprint density at radius 2 is 1.90 bits per heavy atom. The Bertz CT molecular complexity index is 696. The van der Waals surface area contributed by atoms with Crippen LogP contribution in [0.5, 0.6) is 0 Å². The van der Waals surface area contributed by atoms with Crippen molar-refractivity contribution < 1.29 is 8.42 Å². The molecule has 5 heteroatoms. The quantitative estimate of drug-likeness (QED) is 0.851. The molecule has 0 aliphatic heterocycles. The van der Waals surface area contributed by atoms with E-state index in [1.807, 2.05) is 31.3 Å². The Hall–Kier alpha value is -1.43. The first-order valence-corrected chi connectivity index (χ1v) is 8.27. The maximum absolute atomic E-state index is 11.6. The average molecular weight is 292 g/mol. The summed E-state index contributed by atoms with van der Waals surface area (Å²) in [6.45, 7) is 0.901. The number of fused-ring (bicyclic) bond motifs is 1. The largest absolute Gasteiger partial charge is 0.319 e. The van der Waals surface area contributed by atoms with Gasteiger partial charge in [-0.2, -0.15) is 0 Å². The zero-order valence-electron chi connectivity index (χ0n) is 11.8. The summed E-state index contributed by atoms with van der Waals surface area (Å²) in [5, 5.41) is 5.41. The van der Waals surface area contributed by atoms with Crippen molar-refractivity contribution in [3.63, 3.8) is 0 Å². The predicted molar refractivity (Wildman–Crippen MR) is 83.3 cm³/mol. The minimum atomic E-state index is -3.23. The van der Waals surface area contributed by atoms with Crippen LogP contribution in [0.4, 0.5) is 0 Å². The highest BCUT2D eigenvalue weighted by molar-refractivity contribution is 7.88. The standard InChI is InChI=1S/C15H20N2O2S/c1-16-9-8-14-5-3-4-13-7-6-12(10-15(13)14)11-20(18,19)17-2/h3-7,10,16-17H,8-9,11H2,1-2H3. The van der Waals surface area contributed by atoms with Crippen molar-refractivity contribution >= 4 is 20.8 Å². The average Bonchev–Trinajstić information content (AvgIpc) is 2.44. The molecule has 0 fully saturated rings. The Balaban J connectivity index is 2.41. The van der Waals surface area contributed by atoms with E-state index >= 15 is 0 Å². The van der Waals surface area contributed by atoms with Crippen LogP contribution >= 0.6 is 0 Å². The van der Waals surface area contributed by atoms with Crippen LogP contribution in [0.2, 0.25) is 0 Å². The molecule has 0 amide bonds. The maximum atomic E-state index is 11.6. The molecule has 0 radical (unpaired) electrons. The van der Waals surface area contributed by atoms with Gasteiger partial charge in [0, 0.05) is 0 Å². The summed E-state index contributed by atoms with van der Waals surface area (Å²) in [6.07, 6.45) is 0.927. The van der Waals surface area contributed by atoms with Gasteiger partial charge < -0.3 is 5.32 Å². The third-order valence-electron chi connectivity index (χ3n) is 3.35. The normalized spacial score (nSPS) is 11.9. The number of sulfonamides is 1. The molecule has 2 aromatic rings.